The largest absolute Gasteiger partial charge is 0.399 e. The summed E-state index contributed by atoms with van der Waals surface area (Å²) in [6.07, 6.45) is 0. The highest BCUT2D eigenvalue weighted by Gasteiger charge is 2.03. The average molecular weight is 212 g/mol. The lowest BCUT2D eigenvalue weighted by molar-refractivity contribution is 0.655. The van der Waals surface area contributed by atoms with Crippen LogP contribution < -0.4 is 10.5 Å². The maximum absolute atomic E-state index is 11.5. The minimum Gasteiger partial charge on any atom is -0.399 e. The first-order valence-corrected chi connectivity index (χ1v) is 5.89. The Balaban J connectivity index is 2.56. The highest BCUT2D eigenvalue weighted by atomic mass is 32.2. The van der Waals surface area contributed by atoms with Crippen LogP contribution in [-0.4, -0.2) is 10.3 Å². The third-order valence-electron chi connectivity index (χ3n) is 1.62. The van der Waals surface area contributed by atoms with E-state index in [0.29, 0.717) is 11.4 Å². The van der Waals surface area contributed by atoms with Crippen LogP contribution >= 0.6 is 0 Å². The van der Waals surface area contributed by atoms with E-state index >= 15 is 0 Å². The van der Waals surface area contributed by atoms with Gasteiger partial charge in [0, 0.05) is 11.7 Å². The molecule has 1 aromatic carbocycles. The molecule has 1 aromatic rings. The summed E-state index contributed by atoms with van der Waals surface area (Å²) in [7, 11) is -1.01. The highest BCUT2D eigenvalue weighted by Crippen LogP contribution is 2.08. The third kappa shape index (κ3) is 3.89. The van der Waals surface area contributed by atoms with Gasteiger partial charge in [0.15, 0.2) is 0 Å². The molecular weight excluding hydrogens is 196 g/mol. The molecule has 0 heterocycles. The first kappa shape index (κ1) is 11.2. The van der Waals surface area contributed by atoms with Crippen molar-refractivity contribution in [2.75, 3.05) is 5.73 Å². The molecule has 3 N–H and O–H groups in total. The van der Waals surface area contributed by atoms with Gasteiger partial charge in [-0.15, -0.1) is 0 Å². The van der Waals surface area contributed by atoms with E-state index < -0.39 is 11.0 Å². The van der Waals surface area contributed by atoms with Crippen LogP contribution in [0.25, 0.3) is 0 Å². The van der Waals surface area contributed by atoms with Crippen molar-refractivity contribution < 1.29 is 4.21 Å². The number of benzene rings is 1. The number of nitrogen functional groups attached to an aromatic ring is 1. The second-order valence-electron chi connectivity index (χ2n) is 3.51. The summed E-state index contributed by atoms with van der Waals surface area (Å²) in [5, 5.41) is 0. The van der Waals surface area contributed by atoms with Crippen molar-refractivity contribution in [3.05, 3.63) is 29.8 Å². The van der Waals surface area contributed by atoms with Crippen LogP contribution in [0.3, 0.4) is 0 Å². The Morgan fingerprint density at radius 2 is 2.21 bits per heavy atom. The summed E-state index contributed by atoms with van der Waals surface area (Å²) >= 11 is 0. The number of hydrogen-bond donors (Lipinski definition) is 2. The number of anilines is 1. The molecule has 0 aliphatic heterocycles. The summed E-state index contributed by atoms with van der Waals surface area (Å²) in [6.45, 7) is 3.94. The van der Waals surface area contributed by atoms with E-state index in [1.165, 1.54) is 0 Å². The monoisotopic (exact) mass is 212 g/mol. The van der Waals surface area contributed by atoms with Crippen LogP contribution in [0.2, 0.25) is 0 Å². The molecule has 0 saturated carbocycles. The van der Waals surface area contributed by atoms with Crippen LogP contribution in [-0.2, 0) is 16.7 Å². The lowest BCUT2D eigenvalue weighted by Gasteiger charge is -2.07. The Kier molecular flexibility index (Phi) is 4.10. The molecule has 14 heavy (non-hydrogen) atoms. The van der Waals surface area contributed by atoms with Crippen molar-refractivity contribution >= 4 is 16.7 Å². The maximum Gasteiger partial charge on any atom is 0.0962 e. The fraction of sp³-hybridized carbons (Fsp3) is 0.400. The van der Waals surface area contributed by atoms with Gasteiger partial charge in [-0.1, -0.05) is 12.1 Å². The molecule has 0 aromatic heterocycles. The molecule has 1 rings (SSSR count). The standard InChI is InChI=1S/C10H16N2OS/c1-8(2)12-14(13)7-9-4-3-5-10(11)6-9/h3-6,8,12H,7,11H2,1-2H3. The maximum atomic E-state index is 11.5. The Morgan fingerprint density at radius 1 is 1.50 bits per heavy atom. The SMILES string of the molecule is CC(C)NS(=O)Cc1cccc(N)c1. The Labute approximate surface area is 87.3 Å². The number of rotatable bonds is 4. The van der Waals surface area contributed by atoms with Crippen molar-refractivity contribution in [3.63, 3.8) is 0 Å². The van der Waals surface area contributed by atoms with Crippen LogP contribution in [0.1, 0.15) is 19.4 Å². The zero-order valence-corrected chi connectivity index (χ0v) is 9.30. The molecule has 1 atom stereocenters. The van der Waals surface area contributed by atoms with Gasteiger partial charge in [-0.05, 0) is 31.5 Å². The molecule has 78 valence electrons. The van der Waals surface area contributed by atoms with Crippen molar-refractivity contribution in [1.29, 1.82) is 0 Å². The van der Waals surface area contributed by atoms with Gasteiger partial charge in [0.25, 0.3) is 0 Å². The number of hydrogen-bond acceptors (Lipinski definition) is 2. The van der Waals surface area contributed by atoms with E-state index in [0.717, 1.165) is 5.56 Å². The number of nitrogens with one attached hydrogen (secondary N) is 1. The van der Waals surface area contributed by atoms with E-state index in [1.807, 2.05) is 38.1 Å². The second-order valence-corrected chi connectivity index (χ2v) is 4.72. The van der Waals surface area contributed by atoms with E-state index in [1.54, 1.807) is 0 Å². The van der Waals surface area contributed by atoms with E-state index in [4.69, 9.17) is 5.73 Å². The minimum atomic E-state index is -1.01. The van der Waals surface area contributed by atoms with Gasteiger partial charge >= 0.3 is 0 Å². The molecule has 1 unspecified atom stereocenters. The summed E-state index contributed by atoms with van der Waals surface area (Å²) < 4.78 is 14.4. The Morgan fingerprint density at radius 3 is 2.79 bits per heavy atom. The molecule has 0 spiro atoms. The predicted octanol–water partition coefficient (Wildman–Crippen LogP) is 1.43. The zero-order valence-electron chi connectivity index (χ0n) is 8.49. The number of nitrogens with two attached hydrogens (primary N) is 1. The van der Waals surface area contributed by atoms with E-state index in [9.17, 15) is 4.21 Å². The fourth-order valence-electron chi connectivity index (χ4n) is 1.14. The van der Waals surface area contributed by atoms with Gasteiger partial charge < -0.3 is 5.73 Å². The Bertz CT molecular complexity index is 326. The minimum absolute atomic E-state index is 0.233. The topological polar surface area (TPSA) is 55.1 Å². The molecule has 0 saturated heterocycles. The van der Waals surface area contributed by atoms with Crippen LogP contribution in [0.4, 0.5) is 5.69 Å². The fourth-order valence-corrected chi connectivity index (χ4v) is 2.23. The first-order valence-electron chi connectivity index (χ1n) is 4.57. The molecule has 0 aliphatic carbocycles. The summed E-state index contributed by atoms with van der Waals surface area (Å²) in [6, 6.07) is 7.70. The lowest BCUT2D eigenvalue weighted by atomic mass is 10.2. The van der Waals surface area contributed by atoms with Crippen LogP contribution in [0, 0.1) is 0 Å². The molecule has 3 nitrogen and oxygen atoms in total. The van der Waals surface area contributed by atoms with Gasteiger partial charge in [0.05, 0.1) is 16.7 Å². The van der Waals surface area contributed by atoms with Gasteiger partial charge in [0.2, 0.25) is 0 Å². The molecular formula is C10H16N2OS. The van der Waals surface area contributed by atoms with Gasteiger partial charge in [0.1, 0.15) is 0 Å². The van der Waals surface area contributed by atoms with Crippen molar-refractivity contribution in [3.8, 4) is 0 Å². The lowest BCUT2D eigenvalue weighted by Crippen LogP contribution is -2.26. The molecule has 0 aliphatic rings. The predicted molar refractivity (Wildman–Crippen MR) is 61.0 cm³/mol. The highest BCUT2D eigenvalue weighted by molar-refractivity contribution is 7.82. The van der Waals surface area contributed by atoms with Crippen LogP contribution in [0.15, 0.2) is 24.3 Å². The molecule has 0 fully saturated rings. The Hall–Kier alpha value is -0.870. The smallest absolute Gasteiger partial charge is 0.0962 e. The van der Waals surface area contributed by atoms with Gasteiger partial charge in [-0.3, -0.25) is 0 Å². The van der Waals surface area contributed by atoms with Gasteiger partial charge in [-0.2, -0.15) is 0 Å². The summed E-state index contributed by atoms with van der Waals surface area (Å²) in [5.41, 5.74) is 7.33. The molecule has 0 bridgehead atoms. The first-order chi connectivity index (χ1) is 6.58. The third-order valence-corrected chi connectivity index (χ3v) is 2.95. The normalized spacial score (nSPS) is 13.1. The van der Waals surface area contributed by atoms with Crippen molar-refractivity contribution in [2.45, 2.75) is 25.6 Å². The average Bonchev–Trinajstić information content (AvgIpc) is 2.01. The summed E-state index contributed by atoms with van der Waals surface area (Å²) in [4.78, 5) is 0. The van der Waals surface area contributed by atoms with E-state index in [-0.39, 0.29) is 6.04 Å². The summed E-state index contributed by atoms with van der Waals surface area (Å²) in [5.74, 6) is 0.503. The van der Waals surface area contributed by atoms with Crippen LogP contribution in [0.5, 0.6) is 0 Å². The molecule has 0 radical (unpaired) electrons. The quantitative estimate of drug-likeness (QED) is 0.742. The van der Waals surface area contributed by atoms with Crippen molar-refractivity contribution in [1.82, 2.24) is 4.72 Å². The molecule has 0 amide bonds. The van der Waals surface area contributed by atoms with Crippen molar-refractivity contribution in [2.24, 2.45) is 0 Å². The van der Waals surface area contributed by atoms with Gasteiger partial charge in [-0.25, -0.2) is 8.93 Å². The zero-order chi connectivity index (χ0) is 10.6. The molecule has 4 heteroatoms. The van der Waals surface area contributed by atoms with E-state index in [2.05, 4.69) is 4.72 Å². The second kappa shape index (κ2) is 5.12.